The predicted molar refractivity (Wildman–Crippen MR) is 85.7 cm³/mol. The van der Waals surface area contributed by atoms with Gasteiger partial charge in [-0.3, -0.25) is 15.7 Å². The Hall–Kier alpha value is -2.08. The number of nitrogens with one attached hydrogen (secondary N) is 2. The molecular formula is C15H24N4O2. The van der Waals surface area contributed by atoms with Crippen LogP contribution in [0.4, 0.5) is 5.69 Å². The minimum absolute atomic E-state index is 0.134. The summed E-state index contributed by atoms with van der Waals surface area (Å²) in [5.41, 5.74) is 5.36. The van der Waals surface area contributed by atoms with Crippen LogP contribution in [0.3, 0.4) is 0 Å². The molecule has 1 aromatic carbocycles. The molecule has 0 radical (unpaired) electrons. The summed E-state index contributed by atoms with van der Waals surface area (Å²) in [6, 6.07) is 3.92. The van der Waals surface area contributed by atoms with Crippen molar-refractivity contribution in [3.63, 3.8) is 0 Å². The molecule has 0 fully saturated rings. The highest BCUT2D eigenvalue weighted by Gasteiger charge is 2.06. The van der Waals surface area contributed by atoms with E-state index in [4.69, 9.17) is 10.1 Å². The van der Waals surface area contributed by atoms with Crippen molar-refractivity contribution in [1.29, 1.82) is 5.41 Å². The zero-order valence-electron chi connectivity index (χ0n) is 13.4. The van der Waals surface area contributed by atoms with Gasteiger partial charge in [-0.2, -0.15) is 0 Å². The Morgan fingerprint density at radius 2 is 2.10 bits per heavy atom. The lowest BCUT2D eigenvalue weighted by atomic mass is 10.1. The lowest BCUT2D eigenvalue weighted by Gasteiger charge is -2.13. The fourth-order valence-corrected chi connectivity index (χ4v) is 1.61. The van der Waals surface area contributed by atoms with E-state index in [1.54, 1.807) is 0 Å². The molecule has 0 aliphatic rings. The molecule has 0 aromatic heterocycles. The predicted octanol–water partition coefficient (Wildman–Crippen LogP) is 2.42. The second kappa shape index (κ2) is 8.26. The lowest BCUT2D eigenvalue weighted by molar-refractivity contribution is 0.138. The lowest BCUT2D eigenvalue weighted by Crippen LogP contribution is -2.27. The Balaban J connectivity index is 2.80. The molecular weight excluding hydrogens is 268 g/mol. The first-order valence-electron chi connectivity index (χ1n) is 6.82. The van der Waals surface area contributed by atoms with Gasteiger partial charge >= 0.3 is 0 Å². The third-order valence-corrected chi connectivity index (χ3v) is 2.98. The number of aryl methyl sites for hydroxylation is 2. The Labute approximate surface area is 126 Å². The molecule has 6 heteroatoms. The van der Waals surface area contributed by atoms with E-state index in [1.807, 2.05) is 44.3 Å². The highest BCUT2D eigenvalue weighted by atomic mass is 16.6. The number of hydrogen-bond donors (Lipinski definition) is 2. The van der Waals surface area contributed by atoms with Crippen LogP contribution in [0.15, 0.2) is 17.1 Å². The van der Waals surface area contributed by atoms with E-state index in [0.717, 1.165) is 29.1 Å². The van der Waals surface area contributed by atoms with Crippen molar-refractivity contribution in [2.45, 2.75) is 20.8 Å². The zero-order valence-corrected chi connectivity index (χ0v) is 13.4. The third kappa shape index (κ3) is 5.43. The molecule has 1 rings (SSSR count). The van der Waals surface area contributed by atoms with Crippen molar-refractivity contribution in [3.8, 4) is 5.75 Å². The Morgan fingerprint density at radius 1 is 1.38 bits per heavy atom. The molecule has 0 atom stereocenters. The first kappa shape index (κ1) is 17.0. The van der Waals surface area contributed by atoms with Crippen molar-refractivity contribution in [2.75, 3.05) is 27.3 Å². The van der Waals surface area contributed by atoms with Gasteiger partial charge < -0.3 is 9.64 Å². The number of aliphatic imine (C=N–C) groups is 1. The van der Waals surface area contributed by atoms with Gasteiger partial charge in [-0.05, 0) is 44.0 Å². The van der Waals surface area contributed by atoms with Gasteiger partial charge in [0.05, 0.1) is 19.1 Å². The summed E-state index contributed by atoms with van der Waals surface area (Å²) in [4.78, 5) is 11.1. The summed E-state index contributed by atoms with van der Waals surface area (Å²) in [6.45, 7) is 7.07. The van der Waals surface area contributed by atoms with Crippen LogP contribution in [0.25, 0.3) is 0 Å². The van der Waals surface area contributed by atoms with E-state index in [9.17, 15) is 0 Å². The van der Waals surface area contributed by atoms with Crippen LogP contribution in [0.1, 0.15) is 18.1 Å². The van der Waals surface area contributed by atoms with Crippen LogP contribution >= 0.6 is 0 Å². The summed E-state index contributed by atoms with van der Waals surface area (Å²) in [5, 5.41) is 7.55. The van der Waals surface area contributed by atoms with Gasteiger partial charge in [0.25, 0.3) is 0 Å². The zero-order chi connectivity index (χ0) is 15.8. The van der Waals surface area contributed by atoms with Crippen molar-refractivity contribution in [2.24, 2.45) is 4.99 Å². The van der Waals surface area contributed by atoms with E-state index in [-0.39, 0.29) is 12.4 Å². The number of hydrogen-bond acceptors (Lipinski definition) is 4. The van der Waals surface area contributed by atoms with Crippen LogP contribution < -0.4 is 10.2 Å². The molecule has 0 amide bonds. The fourth-order valence-electron chi connectivity index (χ4n) is 1.61. The van der Waals surface area contributed by atoms with Gasteiger partial charge in [0.2, 0.25) is 0 Å². The van der Waals surface area contributed by atoms with E-state index in [0.29, 0.717) is 0 Å². The SMILES string of the molecule is CCN(C)/C=N/c1cc(C)c(OCC(=N)NOC)cc1C. The molecule has 0 aliphatic carbocycles. The Kier molecular flexibility index (Phi) is 6.68. The first-order chi connectivity index (χ1) is 9.97. The molecule has 0 heterocycles. The maximum Gasteiger partial charge on any atom is 0.156 e. The molecule has 2 N–H and O–H groups in total. The normalized spacial score (nSPS) is 10.7. The fraction of sp³-hybridized carbons (Fsp3) is 0.467. The molecule has 0 saturated carbocycles. The summed E-state index contributed by atoms with van der Waals surface area (Å²) in [6.07, 6.45) is 1.82. The van der Waals surface area contributed by atoms with E-state index < -0.39 is 0 Å². The molecule has 1 aromatic rings. The minimum Gasteiger partial charge on any atom is -0.485 e. The van der Waals surface area contributed by atoms with E-state index in [2.05, 4.69) is 22.2 Å². The number of benzene rings is 1. The minimum atomic E-state index is 0.134. The highest BCUT2D eigenvalue weighted by Crippen LogP contribution is 2.28. The largest absolute Gasteiger partial charge is 0.485 e. The molecule has 0 spiro atoms. The van der Waals surface area contributed by atoms with Crippen molar-refractivity contribution < 1.29 is 9.57 Å². The molecule has 6 nitrogen and oxygen atoms in total. The van der Waals surface area contributed by atoms with Crippen LogP contribution in [0, 0.1) is 19.3 Å². The van der Waals surface area contributed by atoms with Gasteiger partial charge in [-0.15, -0.1) is 0 Å². The Bertz CT molecular complexity index is 515. The number of hydroxylamine groups is 1. The summed E-state index contributed by atoms with van der Waals surface area (Å²) in [5.74, 6) is 0.916. The second-order valence-electron chi connectivity index (χ2n) is 4.80. The third-order valence-electron chi connectivity index (χ3n) is 2.98. The average molecular weight is 292 g/mol. The number of amidine groups is 1. The van der Waals surface area contributed by atoms with Crippen LogP contribution in [-0.2, 0) is 4.84 Å². The highest BCUT2D eigenvalue weighted by molar-refractivity contribution is 5.79. The van der Waals surface area contributed by atoms with Gasteiger partial charge in [-0.25, -0.2) is 4.99 Å². The van der Waals surface area contributed by atoms with E-state index >= 15 is 0 Å². The molecule has 116 valence electrons. The number of nitrogens with zero attached hydrogens (tertiary/aromatic N) is 2. The topological polar surface area (TPSA) is 69.9 Å². The Morgan fingerprint density at radius 3 is 2.71 bits per heavy atom. The van der Waals surface area contributed by atoms with E-state index in [1.165, 1.54) is 7.11 Å². The standard InChI is InChI=1S/C15H24N4O2/c1-6-19(4)10-17-13-7-12(3)14(8-11(13)2)21-9-15(16)18-20-5/h7-8,10H,6,9H2,1-5H3,(H2,16,18)/b17-10+. The molecule has 21 heavy (non-hydrogen) atoms. The summed E-state index contributed by atoms with van der Waals surface area (Å²) < 4.78 is 5.60. The van der Waals surface area contributed by atoms with Gasteiger partial charge in [-0.1, -0.05) is 0 Å². The average Bonchev–Trinajstić information content (AvgIpc) is 2.46. The van der Waals surface area contributed by atoms with Crippen LogP contribution in [0.2, 0.25) is 0 Å². The molecule has 0 saturated heterocycles. The summed E-state index contributed by atoms with van der Waals surface area (Å²) in [7, 11) is 3.45. The van der Waals surface area contributed by atoms with Gasteiger partial charge in [0.1, 0.15) is 12.4 Å². The van der Waals surface area contributed by atoms with Crippen LogP contribution in [0.5, 0.6) is 5.75 Å². The molecule has 0 unspecified atom stereocenters. The monoisotopic (exact) mass is 292 g/mol. The molecule has 0 bridgehead atoms. The first-order valence-corrected chi connectivity index (χ1v) is 6.82. The van der Waals surface area contributed by atoms with Crippen molar-refractivity contribution in [1.82, 2.24) is 10.4 Å². The van der Waals surface area contributed by atoms with Gasteiger partial charge in [0.15, 0.2) is 5.84 Å². The van der Waals surface area contributed by atoms with Gasteiger partial charge in [0, 0.05) is 13.6 Å². The number of ether oxygens (including phenoxy) is 1. The van der Waals surface area contributed by atoms with Crippen molar-refractivity contribution >= 4 is 17.9 Å². The molecule has 0 aliphatic heterocycles. The second-order valence-corrected chi connectivity index (χ2v) is 4.80. The van der Waals surface area contributed by atoms with Crippen molar-refractivity contribution in [3.05, 3.63) is 23.3 Å². The maximum atomic E-state index is 7.55. The number of rotatable bonds is 7. The quantitative estimate of drug-likeness (QED) is 0.460. The smallest absolute Gasteiger partial charge is 0.156 e. The maximum absolute atomic E-state index is 7.55. The summed E-state index contributed by atoms with van der Waals surface area (Å²) >= 11 is 0. The van der Waals surface area contributed by atoms with Crippen LogP contribution in [-0.4, -0.2) is 44.4 Å².